The lowest BCUT2D eigenvalue weighted by Crippen LogP contribution is -2.54. The number of hydrogen-bond acceptors (Lipinski definition) is 4. The highest BCUT2D eigenvalue weighted by Gasteiger charge is 2.41. The lowest BCUT2D eigenvalue weighted by atomic mass is 9.72. The summed E-state index contributed by atoms with van der Waals surface area (Å²) in [6.07, 6.45) is 12.5. The van der Waals surface area contributed by atoms with Crippen LogP contribution in [0.1, 0.15) is 71.6 Å². The second-order valence-electron chi connectivity index (χ2n) is 10.7. The van der Waals surface area contributed by atoms with Crippen LogP contribution in [0, 0.1) is 11.8 Å². The van der Waals surface area contributed by atoms with Gasteiger partial charge in [-0.25, -0.2) is 4.39 Å². The first kappa shape index (κ1) is 21.7. The average Bonchev–Trinajstić information content (AvgIpc) is 2.72. The Kier molecular flexibility index (Phi) is 6.70. The molecular formula is C24H41FN2O2. The van der Waals surface area contributed by atoms with Gasteiger partial charge in [0.1, 0.15) is 12.8 Å². The fourth-order valence-corrected chi connectivity index (χ4v) is 6.45. The SMILES string of the molecule is CN1CCC[C@@H]2CC(C3CC[C@@H]4CC(OC(C)(C)C(O)CF)CC[C@@H]4N3)=CCC21. The van der Waals surface area contributed by atoms with E-state index in [1.165, 1.54) is 45.1 Å². The van der Waals surface area contributed by atoms with Crippen molar-refractivity contribution in [2.24, 2.45) is 11.8 Å². The predicted molar refractivity (Wildman–Crippen MR) is 115 cm³/mol. The highest BCUT2D eigenvalue weighted by Crippen LogP contribution is 2.40. The van der Waals surface area contributed by atoms with Crippen LogP contribution >= 0.6 is 0 Å². The Hall–Kier alpha value is -0.490. The van der Waals surface area contributed by atoms with Crippen molar-refractivity contribution in [3.05, 3.63) is 11.6 Å². The predicted octanol–water partition coefficient (Wildman–Crippen LogP) is 3.83. The Morgan fingerprint density at radius 2 is 2.07 bits per heavy atom. The van der Waals surface area contributed by atoms with E-state index in [1.807, 2.05) is 13.8 Å². The third kappa shape index (κ3) is 4.73. The Bertz CT molecular complexity index is 595. The van der Waals surface area contributed by atoms with Gasteiger partial charge in [0.2, 0.25) is 0 Å². The van der Waals surface area contributed by atoms with Crippen LogP contribution in [0.5, 0.6) is 0 Å². The maximum atomic E-state index is 12.9. The largest absolute Gasteiger partial charge is 0.387 e. The second kappa shape index (κ2) is 8.94. The van der Waals surface area contributed by atoms with Crippen molar-refractivity contribution in [2.45, 2.75) is 108 Å². The molecule has 1 saturated carbocycles. The molecule has 29 heavy (non-hydrogen) atoms. The fraction of sp³-hybridized carbons (Fsp3) is 0.917. The number of alkyl halides is 1. The van der Waals surface area contributed by atoms with Crippen molar-refractivity contribution < 1.29 is 14.2 Å². The van der Waals surface area contributed by atoms with E-state index in [-0.39, 0.29) is 6.10 Å². The second-order valence-corrected chi connectivity index (χ2v) is 10.7. The number of nitrogens with zero attached hydrogens (tertiary/aromatic N) is 1. The van der Waals surface area contributed by atoms with Crippen LogP contribution in [0.25, 0.3) is 0 Å². The molecule has 0 radical (unpaired) electrons. The summed E-state index contributed by atoms with van der Waals surface area (Å²) < 4.78 is 19.1. The third-order valence-corrected chi connectivity index (χ3v) is 8.36. The van der Waals surface area contributed by atoms with Crippen LogP contribution < -0.4 is 5.32 Å². The molecular weight excluding hydrogens is 367 g/mol. The van der Waals surface area contributed by atoms with Crippen molar-refractivity contribution in [1.82, 2.24) is 10.2 Å². The van der Waals surface area contributed by atoms with Gasteiger partial charge in [0.25, 0.3) is 0 Å². The summed E-state index contributed by atoms with van der Waals surface area (Å²) in [6, 6.07) is 1.90. The van der Waals surface area contributed by atoms with Crippen molar-refractivity contribution in [3.8, 4) is 0 Å². The number of hydrogen-bond donors (Lipinski definition) is 2. The maximum Gasteiger partial charge on any atom is 0.118 e. The summed E-state index contributed by atoms with van der Waals surface area (Å²) in [5, 5.41) is 13.9. The molecule has 3 fully saturated rings. The van der Waals surface area contributed by atoms with Crippen LogP contribution in [0.2, 0.25) is 0 Å². The molecule has 2 aliphatic heterocycles. The minimum absolute atomic E-state index is 0.137. The number of halogens is 1. The number of nitrogens with one attached hydrogen (secondary N) is 1. The summed E-state index contributed by atoms with van der Waals surface area (Å²) in [5.74, 6) is 1.49. The van der Waals surface area contributed by atoms with Gasteiger partial charge in [-0.2, -0.15) is 0 Å². The standard InChI is InChI=1S/C24H41FN2O2/c1-24(2,23(28)15-25)29-19-8-10-21-17(14-19)6-9-20(26-21)16-7-11-22-18(13-16)5-4-12-27(22)3/h7,17-23,26,28H,4-6,8-15H2,1-3H3/t17-,18-,19?,20?,21+,22?,23?/m1/s1. The number of aliphatic hydroxyl groups is 1. The van der Waals surface area contributed by atoms with Gasteiger partial charge in [-0.15, -0.1) is 0 Å². The minimum atomic E-state index is -1.05. The molecule has 5 heteroatoms. The summed E-state index contributed by atoms with van der Waals surface area (Å²) in [4.78, 5) is 2.58. The third-order valence-electron chi connectivity index (χ3n) is 8.36. The molecule has 0 aromatic carbocycles. The smallest absolute Gasteiger partial charge is 0.118 e. The first-order valence-corrected chi connectivity index (χ1v) is 11.9. The lowest BCUT2D eigenvalue weighted by Gasteiger charge is -2.47. The molecule has 4 aliphatic rings. The topological polar surface area (TPSA) is 44.7 Å². The van der Waals surface area contributed by atoms with Gasteiger partial charge in [-0.3, -0.25) is 0 Å². The van der Waals surface area contributed by atoms with E-state index in [1.54, 1.807) is 5.57 Å². The molecule has 2 aliphatic carbocycles. The van der Waals surface area contributed by atoms with E-state index >= 15 is 0 Å². The Morgan fingerprint density at radius 1 is 1.24 bits per heavy atom. The fourth-order valence-electron chi connectivity index (χ4n) is 6.45. The summed E-state index contributed by atoms with van der Waals surface area (Å²) >= 11 is 0. The van der Waals surface area contributed by atoms with Crippen LogP contribution in [-0.2, 0) is 4.74 Å². The molecule has 4 rings (SSSR count). The quantitative estimate of drug-likeness (QED) is 0.679. The van der Waals surface area contributed by atoms with Gasteiger partial charge < -0.3 is 20.1 Å². The van der Waals surface area contributed by atoms with Gasteiger partial charge in [0, 0.05) is 18.1 Å². The average molecular weight is 409 g/mol. The summed E-state index contributed by atoms with van der Waals surface area (Å²) in [7, 11) is 2.30. The van der Waals surface area contributed by atoms with Crippen LogP contribution in [0.4, 0.5) is 4.39 Å². The number of likely N-dealkylation sites (tertiary alicyclic amines) is 1. The van der Waals surface area contributed by atoms with E-state index in [2.05, 4.69) is 23.3 Å². The number of rotatable bonds is 5. The van der Waals surface area contributed by atoms with E-state index in [9.17, 15) is 9.50 Å². The molecule has 2 N–H and O–H groups in total. The zero-order valence-electron chi connectivity index (χ0n) is 18.6. The Morgan fingerprint density at radius 3 is 2.86 bits per heavy atom. The first-order chi connectivity index (χ1) is 13.9. The van der Waals surface area contributed by atoms with E-state index in [0.29, 0.717) is 18.0 Å². The number of fused-ring (bicyclic) bond motifs is 2. The van der Waals surface area contributed by atoms with Crippen LogP contribution in [0.3, 0.4) is 0 Å². The summed E-state index contributed by atoms with van der Waals surface area (Å²) in [6.45, 7) is 4.13. The maximum absolute atomic E-state index is 12.9. The van der Waals surface area contributed by atoms with Crippen molar-refractivity contribution in [2.75, 3.05) is 20.3 Å². The molecule has 0 spiro atoms. The van der Waals surface area contributed by atoms with Crippen molar-refractivity contribution in [1.29, 1.82) is 0 Å². The van der Waals surface area contributed by atoms with Gasteiger partial charge >= 0.3 is 0 Å². The molecule has 4 nitrogen and oxygen atoms in total. The van der Waals surface area contributed by atoms with E-state index < -0.39 is 18.4 Å². The van der Waals surface area contributed by atoms with Crippen molar-refractivity contribution >= 4 is 0 Å². The Balaban J connectivity index is 1.31. The number of ether oxygens (including phenoxy) is 1. The molecule has 0 aromatic rings. The molecule has 166 valence electrons. The zero-order chi connectivity index (χ0) is 20.6. The van der Waals surface area contributed by atoms with Gasteiger partial charge in [0.15, 0.2) is 0 Å². The highest BCUT2D eigenvalue weighted by molar-refractivity contribution is 5.19. The van der Waals surface area contributed by atoms with E-state index in [4.69, 9.17) is 4.74 Å². The molecule has 7 atom stereocenters. The van der Waals surface area contributed by atoms with Gasteiger partial charge in [-0.05, 0) is 97.1 Å². The van der Waals surface area contributed by atoms with Crippen LogP contribution in [0.15, 0.2) is 11.6 Å². The zero-order valence-corrected chi connectivity index (χ0v) is 18.6. The first-order valence-electron chi connectivity index (χ1n) is 11.9. The molecule has 0 amide bonds. The number of piperidine rings is 2. The van der Waals surface area contributed by atoms with Gasteiger partial charge in [0.05, 0.1) is 11.7 Å². The minimum Gasteiger partial charge on any atom is -0.387 e. The highest BCUT2D eigenvalue weighted by atomic mass is 19.1. The molecule has 0 aromatic heterocycles. The van der Waals surface area contributed by atoms with E-state index in [0.717, 1.165) is 31.2 Å². The monoisotopic (exact) mass is 408 g/mol. The molecule has 4 unspecified atom stereocenters. The lowest BCUT2D eigenvalue weighted by molar-refractivity contribution is -0.154. The molecule has 2 saturated heterocycles. The van der Waals surface area contributed by atoms with Crippen LogP contribution in [-0.4, -0.2) is 66.2 Å². The normalized spacial score (nSPS) is 40.0. The number of aliphatic hydroxyl groups excluding tert-OH is 1. The van der Waals surface area contributed by atoms with Crippen molar-refractivity contribution in [3.63, 3.8) is 0 Å². The Labute approximate surface area is 176 Å². The van der Waals surface area contributed by atoms with Gasteiger partial charge in [-0.1, -0.05) is 11.6 Å². The molecule has 2 heterocycles. The summed E-state index contributed by atoms with van der Waals surface area (Å²) in [5.41, 5.74) is 0.860. The molecule has 0 bridgehead atoms.